The first kappa shape index (κ1) is 11.6. The van der Waals surface area contributed by atoms with Crippen molar-refractivity contribution in [1.82, 2.24) is 10.6 Å². The minimum Gasteiger partial charge on any atom is -0.354 e. The first-order valence-electron chi connectivity index (χ1n) is 5.04. The molecular weight excluding hydrogens is 196 g/mol. The standard InChI is InChI=1S/C10H18N2OS/c1-2-7-14-8-6-12-10(13)9-4-3-5-11-9/h2,9,11H,1,3-8H2,(H,12,13)/t9-/m0/s1. The van der Waals surface area contributed by atoms with Gasteiger partial charge in [-0.15, -0.1) is 6.58 Å². The third kappa shape index (κ3) is 4.15. The highest BCUT2D eigenvalue weighted by Gasteiger charge is 2.20. The molecule has 0 aliphatic carbocycles. The quantitative estimate of drug-likeness (QED) is 0.507. The lowest BCUT2D eigenvalue weighted by molar-refractivity contribution is -0.122. The molecule has 1 saturated heterocycles. The molecule has 14 heavy (non-hydrogen) atoms. The number of amides is 1. The molecule has 4 heteroatoms. The van der Waals surface area contributed by atoms with Crippen LogP contribution in [0.3, 0.4) is 0 Å². The molecule has 1 atom stereocenters. The van der Waals surface area contributed by atoms with Gasteiger partial charge in [0.25, 0.3) is 0 Å². The van der Waals surface area contributed by atoms with Crippen LogP contribution in [0.1, 0.15) is 12.8 Å². The van der Waals surface area contributed by atoms with Crippen molar-refractivity contribution in [3.63, 3.8) is 0 Å². The average Bonchev–Trinajstić information content (AvgIpc) is 2.70. The molecule has 1 amide bonds. The van der Waals surface area contributed by atoms with E-state index in [1.165, 1.54) is 0 Å². The van der Waals surface area contributed by atoms with E-state index < -0.39 is 0 Å². The summed E-state index contributed by atoms with van der Waals surface area (Å²) in [6, 6.07) is 0.0550. The number of carbonyl (C=O) groups excluding carboxylic acids is 1. The molecule has 0 saturated carbocycles. The van der Waals surface area contributed by atoms with E-state index in [-0.39, 0.29) is 11.9 Å². The summed E-state index contributed by atoms with van der Waals surface area (Å²) in [4.78, 5) is 11.5. The fraction of sp³-hybridized carbons (Fsp3) is 0.700. The molecule has 0 spiro atoms. The number of hydrogen-bond acceptors (Lipinski definition) is 3. The van der Waals surface area contributed by atoms with Crippen molar-refractivity contribution >= 4 is 17.7 Å². The van der Waals surface area contributed by atoms with E-state index in [0.717, 1.165) is 37.4 Å². The Balaban J connectivity index is 2.00. The molecule has 0 unspecified atom stereocenters. The molecule has 0 bridgehead atoms. The van der Waals surface area contributed by atoms with E-state index in [2.05, 4.69) is 17.2 Å². The summed E-state index contributed by atoms with van der Waals surface area (Å²) in [5.74, 6) is 2.07. The summed E-state index contributed by atoms with van der Waals surface area (Å²) >= 11 is 1.78. The molecule has 1 aliphatic rings. The van der Waals surface area contributed by atoms with Gasteiger partial charge in [0.15, 0.2) is 0 Å². The molecule has 0 radical (unpaired) electrons. The Morgan fingerprint density at radius 3 is 3.21 bits per heavy atom. The molecule has 1 fully saturated rings. The Kier molecular flexibility index (Phi) is 5.71. The molecule has 1 heterocycles. The third-order valence-corrected chi connectivity index (χ3v) is 3.12. The predicted octanol–water partition coefficient (Wildman–Crippen LogP) is 0.774. The van der Waals surface area contributed by atoms with Gasteiger partial charge in [0.1, 0.15) is 0 Å². The zero-order chi connectivity index (χ0) is 10.2. The molecule has 1 aliphatic heterocycles. The lowest BCUT2D eigenvalue weighted by Gasteiger charge is -2.10. The van der Waals surface area contributed by atoms with E-state index >= 15 is 0 Å². The summed E-state index contributed by atoms with van der Waals surface area (Å²) in [7, 11) is 0. The third-order valence-electron chi connectivity index (χ3n) is 2.16. The highest BCUT2D eigenvalue weighted by Crippen LogP contribution is 2.04. The van der Waals surface area contributed by atoms with Gasteiger partial charge in [0, 0.05) is 18.1 Å². The zero-order valence-electron chi connectivity index (χ0n) is 8.42. The van der Waals surface area contributed by atoms with Crippen LogP contribution in [0.2, 0.25) is 0 Å². The van der Waals surface area contributed by atoms with Crippen molar-refractivity contribution in [1.29, 1.82) is 0 Å². The van der Waals surface area contributed by atoms with Gasteiger partial charge in [-0.2, -0.15) is 11.8 Å². The second-order valence-corrected chi connectivity index (χ2v) is 4.45. The SMILES string of the molecule is C=CCSCCNC(=O)[C@@H]1CCCN1. The minimum absolute atomic E-state index is 0.0550. The topological polar surface area (TPSA) is 41.1 Å². The monoisotopic (exact) mass is 214 g/mol. The Bertz CT molecular complexity index is 191. The summed E-state index contributed by atoms with van der Waals surface area (Å²) < 4.78 is 0. The molecule has 1 rings (SSSR count). The van der Waals surface area contributed by atoms with Crippen molar-refractivity contribution < 1.29 is 4.79 Å². The van der Waals surface area contributed by atoms with Crippen LogP contribution < -0.4 is 10.6 Å². The zero-order valence-corrected chi connectivity index (χ0v) is 9.24. The van der Waals surface area contributed by atoms with Crippen LogP contribution in [0.5, 0.6) is 0 Å². The van der Waals surface area contributed by atoms with E-state index in [0.29, 0.717) is 0 Å². The Morgan fingerprint density at radius 1 is 1.71 bits per heavy atom. The first-order valence-corrected chi connectivity index (χ1v) is 6.20. The van der Waals surface area contributed by atoms with Gasteiger partial charge in [-0.05, 0) is 19.4 Å². The highest BCUT2D eigenvalue weighted by molar-refractivity contribution is 7.99. The van der Waals surface area contributed by atoms with Gasteiger partial charge in [-0.3, -0.25) is 4.79 Å². The second-order valence-electron chi connectivity index (χ2n) is 3.30. The van der Waals surface area contributed by atoms with Gasteiger partial charge in [0.2, 0.25) is 5.91 Å². The van der Waals surface area contributed by atoms with Gasteiger partial charge in [-0.25, -0.2) is 0 Å². The molecule has 2 N–H and O–H groups in total. The lowest BCUT2D eigenvalue weighted by Crippen LogP contribution is -2.41. The van der Waals surface area contributed by atoms with E-state index in [1.54, 1.807) is 11.8 Å². The number of carbonyl (C=O) groups is 1. The van der Waals surface area contributed by atoms with Gasteiger partial charge in [0.05, 0.1) is 6.04 Å². The summed E-state index contributed by atoms with van der Waals surface area (Å²) in [5.41, 5.74) is 0. The van der Waals surface area contributed by atoms with Crippen LogP contribution in [0.4, 0.5) is 0 Å². The average molecular weight is 214 g/mol. The molecule has 0 aromatic carbocycles. The molecule has 3 nitrogen and oxygen atoms in total. The van der Waals surface area contributed by atoms with Crippen LogP contribution in [0.15, 0.2) is 12.7 Å². The van der Waals surface area contributed by atoms with Crippen LogP contribution in [0, 0.1) is 0 Å². The van der Waals surface area contributed by atoms with Gasteiger partial charge in [-0.1, -0.05) is 6.08 Å². The van der Waals surface area contributed by atoms with Crippen LogP contribution in [0.25, 0.3) is 0 Å². The molecular formula is C10H18N2OS. The molecule has 80 valence electrons. The summed E-state index contributed by atoms with van der Waals surface area (Å²) in [6.07, 6.45) is 3.97. The fourth-order valence-electron chi connectivity index (χ4n) is 1.44. The normalized spacial score (nSPS) is 20.7. The lowest BCUT2D eigenvalue weighted by atomic mass is 10.2. The van der Waals surface area contributed by atoms with Crippen molar-refractivity contribution in [2.24, 2.45) is 0 Å². The van der Waals surface area contributed by atoms with Gasteiger partial charge >= 0.3 is 0 Å². The molecule has 0 aromatic rings. The minimum atomic E-state index is 0.0550. The maximum atomic E-state index is 11.5. The predicted molar refractivity (Wildman–Crippen MR) is 61.6 cm³/mol. The smallest absolute Gasteiger partial charge is 0.237 e. The molecule has 0 aromatic heterocycles. The Hall–Kier alpha value is -0.480. The van der Waals surface area contributed by atoms with E-state index in [9.17, 15) is 4.79 Å². The fourth-order valence-corrected chi connectivity index (χ4v) is 2.02. The van der Waals surface area contributed by atoms with Crippen molar-refractivity contribution in [3.05, 3.63) is 12.7 Å². The Labute approximate surface area is 89.7 Å². The van der Waals surface area contributed by atoms with Crippen molar-refractivity contribution in [2.45, 2.75) is 18.9 Å². The number of rotatable bonds is 6. The highest BCUT2D eigenvalue weighted by atomic mass is 32.2. The van der Waals surface area contributed by atoms with E-state index in [4.69, 9.17) is 0 Å². The largest absolute Gasteiger partial charge is 0.354 e. The summed E-state index contributed by atoms with van der Waals surface area (Å²) in [6.45, 7) is 5.37. The first-order chi connectivity index (χ1) is 6.84. The number of hydrogen-bond donors (Lipinski definition) is 2. The van der Waals surface area contributed by atoms with Crippen molar-refractivity contribution in [3.8, 4) is 0 Å². The van der Waals surface area contributed by atoms with E-state index in [1.807, 2.05) is 6.08 Å². The Morgan fingerprint density at radius 2 is 2.57 bits per heavy atom. The van der Waals surface area contributed by atoms with Crippen LogP contribution >= 0.6 is 11.8 Å². The maximum absolute atomic E-state index is 11.5. The summed E-state index contributed by atoms with van der Waals surface area (Å²) in [5, 5.41) is 6.10. The van der Waals surface area contributed by atoms with Gasteiger partial charge < -0.3 is 10.6 Å². The van der Waals surface area contributed by atoms with Crippen LogP contribution in [-0.4, -0.2) is 36.5 Å². The number of nitrogens with one attached hydrogen (secondary N) is 2. The second kappa shape index (κ2) is 6.90. The maximum Gasteiger partial charge on any atom is 0.237 e. The van der Waals surface area contributed by atoms with Crippen LogP contribution in [-0.2, 0) is 4.79 Å². The van der Waals surface area contributed by atoms with Crippen molar-refractivity contribution in [2.75, 3.05) is 24.6 Å². The number of thioether (sulfide) groups is 1.